The lowest BCUT2D eigenvalue weighted by Crippen LogP contribution is -2.30. The van der Waals surface area contributed by atoms with Gasteiger partial charge >= 0.3 is 10.2 Å². The van der Waals surface area contributed by atoms with Gasteiger partial charge < -0.3 is 9.90 Å². The SMILES string of the molecule is CC(c1ccc(N2CC(C=O)NS2(=O)=O)c(O)c1)S(=O)(=O)c1ccccc1. The van der Waals surface area contributed by atoms with E-state index < -0.39 is 31.3 Å². The maximum absolute atomic E-state index is 12.7. The number of anilines is 1. The highest BCUT2D eigenvalue weighted by Crippen LogP contribution is 2.36. The molecule has 2 atom stereocenters. The van der Waals surface area contributed by atoms with Gasteiger partial charge in [0.05, 0.1) is 28.4 Å². The molecule has 0 spiro atoms. The number of benzene rings is 2. The number of sulfone groups is 1. The molecule has 1 aliphatic heterocycles. The zero-order valence-electron chi connectivity index (χ0n) is 14.3. The number of rotatable bonds is 5. The highest BCUT2D eigenvalue weighted by atomic mass is 32.2. The fraction of sp³-hybridized carbons (Fsp3) is 0.235. The highest BCUT2D eigenvalue weighted by Gasteiger charge is 2.37. The molecule has 0 radical (unpaired) electrons. The van der Waals surface area contributed by atoms with Crippen molar-refractivity contribution in [1.29, 1.82) is 0 Å². The van der Waals surface area contributed by atoms with Crippen LogP contribution in [0.15, 0.2) is 53.4 Å². The summed E-state index contributed by atoms with van der Waals surface area (Å²) in [6.07, 6.45) is 0.470. The van der Waals surface area contributed by atoms with Crippen LogP contribution in [0.4, 0.5) is 5.69 Å². The van der Waals surface area contributed by atoms with Gasteiger partial charge in [-0.25, -0.2) is 8.42 Å². The fourth-order valence-corrected chi connectivity index (χ4v) is 5.73. The lowest BCUT2D eigenvalue weighted by atomic mass is 10.1. The van der Waals surface area contributed by atoms with Crippen LogP contribution in [-0.4, -0.2) is 40.8 Å². The molecule has 1 fully saturated rings. The average Bonchev–Trinajstić information content (AvgIpc) is 2.96. The van der Waals surface area contributed by atoms with Crippen molar-refractivity contribution in [3.63, 3.8) is 0 Å². The van der Waals surface area contributed by atoms with E-state index in [1.165, 1.54) is 37.3 Å². The monoisotopic (exact) mass is 410 g/mol. The fourth-order valence-electron chi connectivity index (χ4n) is 2.87. The van der Waals surface area contributed by atoms with Crippen LogP contribution in [0.25, 0.3) is 0 Å². The van der Waals surface area contributed by atoms with Gasteiger partial charge in [-0.1, -0.05) is 24.3 Å². The minimum absolute atomic E-state index is 0.0279. The van der Waals surface area contributed by atoms with Gasteiger partial charge in [0.25, 0.3) is 0 Å². The smallest absolute Gasteiger partial charge is 0.302 e. The Balaban J connectivity index is 1.95. The molecule has 144 valence electrons. The molecule has 1 aliphatic rings. The number of carbonyl (C=O) groups excluding carboxylic acids is 1. The molecular formula is C17H18N2O6S2. The Morgan fingerprint density at radius 3 is 2.44 bits per heavy atom. The summed E-state index contributed by atoms with van der Waals surface area (Å²) in [7, 11) is -7.63. The van der Waals surface area contributed by atoms with Gasteiger partial charge in [0, 0.05) is 0 Å². The lowest BCUT2D eigenvalue weighted by Gasteiger charge is -2.19. The summed E-state index contributed by atoms with van der Waals surface area (Å²) < 4.78 is 52.7. The zero-order chi connectivity index (χ0) is 19.8. The van der Waals surface area contributed by atoms with Gasteiger partial charge in [-0.15, -0.1) is 0 Å². The molecule has 27 heavy (non-hydrogen) atoms. The molecule has 0 aliphatic carbocycles. The molecule has 0 aromatic heterocycles. The molecule has 8 nitrogen and oxygen atoms in total. The number of nitrogens with zero attached hydrogens (tertiary/aromatic N) is 1. The molecule has 2 N–H and O–H groups in total. The Kier molecular flexibility index (Phi) is 4.98. The van der Waals surface area contributed by atoms with Crippen molar-refractivity contribution >= 4 is 32.0 Å². The highest BCUT2D eigenvalue weighted by molar-refractivity contribution is 7.91. The van der Waals surface area contributed by atoms with Crippen LogP contribution in [0.1, 0.15) is 17.7 Å². The number of aldehydes is 1. The Hall–Kier alpha value is -2.43. The molecule has 1 heterocycles. The molecule has 2 aromatic rings. The molecule has 3 rings (SSSR count). The van der Waals surface area contributed by atoms with E-state index in [9.17, 15) is 26.7 Å². The van der Waals surface area contributed by atoms with Gasteiger partial charge in [0.15, 0.2) is 9.84 Å². The van der Waals surface area contributed by atoms with Crippen molar-refractivity contribution in [2.24, 2.45) is 0 Å². The van der Waals surface area contributed by atoms with E-state index in [-0.39, 0.29) is 22.9 Å². The van der Waals surface area contributed by atoms with Crippen LogP contribution < -0.4 is 9.03 Å². The van der Waals surface area contributed by atoms with Crippen LogP contribution in [-0.2, 0) is 24.8 Å². The quantitative estimate of drug-likeness (QED) is 0.714. The summed E-state index contributed by atoms with van der Waals surface area (Å²) in [5.41, 5.74) is 0.288. The van der Waals surface area contributed by atoms with Crippen molar-refractivity contribution in [3.8, 4) is 5.75 Å². The van der Waals surface area contributed by atoms with E-state index in [0.29, 0.717) is 11.8 Å². The first-order chi connectivity index (χ1) is 12.7. The number of phenolic OH excluding ortho intramolecular Hbond substituents is 1. The van der Waals surface area contributed by atoms with E-state index in [1.807, 2.05) is 0 Å². The predicted molar refractivity (Wildman–Crippen MR) is 99.4 cm³/mol. The van der Waals surface area contributed by atoms with Crippen molar-refractivity contribution in [2.75, 3.05) is 10.8 Å². The lowest BCUT2D eigenvalue weighted by molar-refractivity contribution is -0.108. The van der Waals surface area contributed by atoms with E-state index in [0.717, 1.165) is 4.31 Å². The average molecular weight is 410 g/mol. The second-order valence-corrected chi connectivity index (χ2v) is 10.0. The first-order valence-electron chi connectivity index (χ1n) is 8.04. The normalized spacial score (nSPS) is 20.3. The Morgan fingerprint density at radius 2 is 1.89 bits per heavy atom. The predicted octanol–water partition coefficient (Wildman–Crippen LogP) is 1.15. The molecule has 10 heteroatoms. The molecular weight excluding hydrogens is 392 g/mol. The molecule has 2 unspecified atom stereocenters. The van der Waals surface area contributed by atoms with Crippen LogP contribution in [0.3, 0.4) is 0 Å². The summed E-state index contributed by atoms with van der Waals surface area (Å²) in [6.45, 7) is 1.34. The van der Waals surface area contributed by atoms with Crippen molar-refractivity contribution in [3.05, 3.63) is 54.1 Å². The largest absolute Gasteiger partial charge is 0.506 e. The first kappa shape index (κ1) is 19.3. The van der Waals surface area contributed by atoms with Gasteiger partial charge in [0.1, 0.15) is 12.0 Å². The third-order valence-electron chi connectivity index (χ3n) is 4.39. The number of hydrogen-bond acceptors (Lipinski definition) is 6. The Labute approximate surface area is 157 Å². The second kappa shape index (κ2) is 6.95. The summed E-state index contributed by atoms with van der Waals surface area (Å²) in [5.74, 6) is -0.389. The van der Waals surface area contributed by atoms with E-state index >= 15 is 0 Å². The molecule has 0 saturated carbocycles. The number of hydrogen-bond donors (Lipinski definition) is 2. The minimum atomic E-state index is -3.95. The van der Waals surface area contributed by atoms with Crippen LogP contribution in [0, 0.1) is 0 Å². The van der Waals surface area contributed by atoms with Crippen molar-refractivity contribution < 1.29 is 26.7 Å². The van der Waals surface area contributed by atoms with Gasteiger partial charge in [-0.3, -0.25) is 4.31 Å². The van der Waals surface area contributed by atoms with Gasteiger partial charge in [-0.2, -0.15) is 13.1 Å². The van der Waals surface area contributed by atoms with E-state index in [4.69, 9.17) is 0 Å². The van der Waals surface area contributed by atoms with E-state index in [1.54, 1.807) is 18.2 Å². The summed E-state index contributed by atoms with van der Waals surface area (Å²) in [4.78, 5) is 11.0. The number of phenols is 1. The number of nitrogens with one attached hydrogen (secondary N) is 1. The summed E-state index contributed by atoms with van der Waals surface area (Å²) in [6, 6.07) is 11.0. The first-order valence-corrected chi connectivity index (χ1v) is 11.0. The number of carbonyl (C=O) groups is 1. The van der Waals surface area contributed by atoms with E-state index in [2.05, 4.69) is 4.72 Å². The molecule has 1 saturated heterocycles. The van der Waals surface area contributed by atoms with Gasteiger partial charge in [0.2, 0.25) is 0 Å². The van der Waals surface area contributed by atoms with Crippen LogP contribution in [0.2, 0.25) is 0 Å². The Morgan fingerprint density at radius 1 is 1.22 bits per heavy atom. The third kappa shape index (κ3) is 3.55. The molecule has 0 amide bonds. The maximum Gasteiger partial charge on any atom is 0.302 e. The topological polar surface area (TPSA) is 121 Å². The maximum atomic E-state index is 12.7. The van der Waals surface area contributed by atoms with Gasteiger partial charge in [-0.05, 0) is 36.8 Å². The van der Waals surface area contributed by atoms with Crippen LogP contribution in [0.5, 0.6) is 5.75 Å². The van der Waals surface area contributed by atoms with Crippen LogP contribution >= 0.6 is 0 Å². The number of aromatic hydroxyl groups is 1. The standard InChI is InChI=1S/C17H18N2O6S2/c1-12(26(22,23)15-5-3-2-4-6-15)13-7-8-16(17(21)9-13)19-10-14(11-20)18-27(19,24)25/h2-9,11-12,14,18,21H,10H2,1H3. The molecule has 0 bridgehead atoms. The molecule has 2 aromatic carbocycles. The van der Waals surface area contributed by atoms with Crippen molar-refractivity contribution in [1.82, 2.24) is 4.72 Å². The second-order valence-electron chi connectivity index (χ2n) is 6.15. The summed E-state index contributed by atoms with van der Waals surface area (Å²) >= 11 is 0. The third-order valence-corrected chi connectivity index (χ3v) is 8.05. The Bertz CT molecular complexity index is 1070. The summed E-state index contributed by atoms with van der Waals surface area (Å²) in [5, 5.41) is 9.36. The minimum Gasteiger partial charge on any atom is -0.506 e. The van der Waals surface area contributed by atoms with Crippen molar-refractivity contribution in [2.45, 2.75) is 23.1 Å². The zero-order valence-corrected chi connectivity index (χ0v) is 15.9.